The van der Waals surface area contributed by atoms with Crippen molar-refractivity contribution in [1.29, 1.82) is 0 Å². The van der Waals surface area contributed by atoms with Gasteiger partial charge in [-0.05, 0) is 48.4 Å². The average molecular weight is 440 g/mol. The Bertz CT molecular complexity index is 1430. The molecule has 0 unspecified atom stereocenters. The lowest BCUT2D eigenvalue weighted by molar-refractivity contribution is -0.128. The number of carbonyl (C=O) groups is 1. The highest BCUT2D eigenvalue weighted by molar-refractivity contribution is 5.90. The van der Waals surface area contributed by atoms with Crippen molar-refractivity contribution < 1.29 is 23.4 Å². The molecule has 0 aliphatic carbocycles. The summed E-state index contributed by atoms with van der Waals surface area (Å²) in [5.41, 5.74) is 2.20. The van der Waals surface area contributed by atoms with Gasteiger partial charge in [0, 0.05) is 12.1 Å². The maximum absolute atomic E-state index is 13.3. The Morgan fingerprint density at radius 2 is 1.73 bits per heavy atom. The number of aryl methyl sites for hydroxylation is 1. The standard InChI is InChI=1S/C27H20O6/c1-17-26(19-8-11-22-24(15-19)31-14-13-30-22)27(29)21-10-9-20(16-23(21)32-17)33-25(28)12-7-18-5-3-2-4-6-18/h2-12,15-16H,13-14H2,1H3/b12-7-. The van der Waals surface area contributed by atoms with E-state index in [4.69, 9.17) is 18.6 Å². The molecule has 0 N–H and O–H groups in total. The van der Waals surface area contributed by atoms with Crippen LogP contribution in [0.15, 0.2) is 82.0 Å². The fraction of sp³-hybridized carbons (Fsp3) is 0.111. The van der Waals surface area contributed by atoms with Gasteiger partial charge in [0.05, 0.1) is 10.9 Å². The average Bonchev–Trinajstić information content (AvgIpc) is 2.83. The second-order valence-corrected chi connectivity index (χ2v) is 7.54. The van der Waals surface area contributed by atoms with E-state index in [2.05, 4.69) is 0 Å². The van der Waals surface area contributed by atoms with Gasteiger partial charge in [-0.15, -0.1) is 0 Å². The van der Waals surface area contributed by atoms with E-state index in [1.54, 1.807) is 43.3 Å². The fourth-order valence-corrected chi connectivity index (χ4v) is 3.76. The third kappa shape index (κ3) is 4.23. The van der Waals surface area contributed by atoms with Crippen molar-refractivity contribution in [2.24, 2.45) is 0 Å². The molecule has 164 valence electrons. The normalized spacial score (nSPS) is 12.8. The predicted octanol–water partition coefficient (Wildman–Crippen LogP) is 5.16. The molecule has 0 saturated heterocycles. The lowest BCUT2D eigenvalue weighted by atomic mass is 10.0. The number of rotatable bonds is 4. The van der Waals surface area contributed by atoms with Crippen LogP contribution in [0.4, 0.5) is 0 Å². The molecule has 0 saturated carbocycles. The molecule has 2 heterocycles. The maximum atomic E-state index is 13.3. The molecular weight excluding hydrogens is 420 g/mol. The molecule has 6 heteroatoms. The summed E-state index contributed by atoms with van der Waals surface area (Å²) >= 11 is 0. The van der Waals surface area contributed by atoms with E-state index >= 15 is 0 Å². The van der Waals surface area contributed by atoms with Crippen molar-refractivity contribution >= 4 is 23.0 Å². The van der Waals surface area contributed by atoms with E-state index in [1.807, 2.05) is 36.4 Å². The summed E-state index contributed by atoms with van der Waals surface area (Å²) in [5.74, 6) is 1.48. The van der Waals surface area contributed by atoms with Crippen LogP contribution in [0.5, 0.6) is 17.2 Å². The summed E-state index contributed by atoms with van der Waals surface area (Å²) in [7, 11) is 0. The Kier molecular flexibility index (Phi) is 5.40. The smallest absolute Gasteiger partial charge is 0.336 e. The monoisotopic (exact) mass is 440 g/mol. The van der Waals surface area contributed by atoms with Crippen LogP contribution in [-0.2, 0) is 4.79 Å². The maximum Gasteiger partial charge on any atom is 0.336 e. The highest BCUT2D eigenvalue weighted by Crippen LogP contribution is 2.35. The van der Waals surface area contributed by atoms with Crippen LogP contribution < -0.4 is 19.6 Å². The molecule has 1 aromatic heterocycles. The number of carbonyl (C=O) groups excluding carboxylic acids is 1. The molecule has 3 aromatic carbocycles. The molecule has 33 heavy (non-hydrogen) atoms. The Morgan fingerprint density at radius 1 is 0.939 bits per heavy atom. The van der Waals surface area contributed by atoms with Crippen molar-refractivity contribution in [1.82, 2.24) is 0 Å². The van der Waals surface area contributed by atoms with E-state index in [1.165, 1.54) is 6.08 Å². The zero-order chi connectivity index (χ0) is 22.8. The molecule has 1 aliphatic heterocycles. The predicted molar refractivity (Wildman–Crippen MR) is 125 cm³/mol. The van der Waals surface area contributed by atoms with Gasteiger partial charge in [-0.1, -0.05) is 36.4 Å². The molecule has 0 radical (unpaired) electrons. The summed E-state index contributed by atoms with van der Waals surface area (Å²) in [5, 5.41) is 0.394. The van der Waals surface area contributed by atoms with E-state index < -0.39 is 5.97 Å². The van der Waals surface area contributed by atoms with Crippen LogP contribution in [0.25, 0.3) is 28.2 Å². The lowest BCUT2D eigenvalue weighted by Crippen LogP contribution is -2.15. The molecule has 1 aliphatic rings. The first-order valence-corrected chi connectivity index (χ1v) is 10.5. The number of benzene rings is 3. The van der Waals surface area contributed by atoms with Gasteiger partial charge in [0.15, 0.2) is 11.5 Å². The third-order valence-electron chi connectivity index (χ3n) is 5.30. The first-order chi connectivity index (χ1) is 16.1. The summed E-state index contributed by atoms with van der Waals surface area (Å²) in [6.07, 6.45) is 3.03. The van der Waals surface area contributed by atoms with E-state index in [9.17, 15) is 9.59 Å². The molecule has 6 nitrogen and oxygen atoms in total. The van der Waals surface area contributed by atoms with Gasteiger partial charge in [-0.25, -0.2) is 4.79 Å². The fourth-order valence-electron chi connectivity index (χ4n) is 3.76. The molecule has 0 fully saturated rings. The molecule has 0 spiro atoms. The molecule has 0 amide bonds. The minimum Gasteiger partial charge on any atom is -0.486 e. The Morgan fingerprint density at radius 3 is 2.55 bits per heavy atom. The van der Waals surface area contributed by atoms with Gasteiger partial charge in [0.2, 0.25) is 5.43 Å². The number of hydrogen-bond acceptors (Lipinski definition) is 6. The second kappa shape index (κ2) is 8.67. The Balaban J connectivity index is 1.44. The summed E-state index contributed by atoms with van der Waals surface area (Å²) in [6.45, 7) is 2.69. The van der Waals surface area contributed by atoms with Crippen LogP contribution in [0, 0.1) is 6.92 Å². The van der Waals surface area contributed by atoms with Gasteiger partial charge < -0.3 is 18.6 Å². The highest BCUT2D eigenvalue weighted by atomic mass is 16.6. The van der Waals surface area contributed by atoms with Crippen LogP contribution in [0.1, 0.15) is 11.3 Å². The topological polar surface area (TPSA) is 75.0 Å². The minimum atomic E-state index is -0.523. The van der Waals surface area contributed by atoms with E-state index in [-0.39, 0.29) is 5.43 Å². The largest absolute Gasteiger partial charge is 0.486 e. The summed E-state index contributed by atoms with van der Waals surface area (Å²) in [4.78, 5) is 25.4. The SMILES string of the molecule is Cc1oc2cc(OC(=O)/C=C\c3ccccc3)ccc2c(=O)c1-c1ccc2c(c1)OCCO2. The molecular formula is C27H20O6. The van der Waals surface area contributed by atoms with Crippen LogP contribution >= 0.6 is 0 Å². The van der Waals surface area contributed by atoms with E-state index in [0.29, 0.717) is 58.3 Å². The number of fused-ring (bicyclic) bond motifs is 2. The van der Waals surface area contributed by atoms with Crippen molar-refractivity contribution in [2.45, 2.75) is 6.92 Å². The van der Waals surface area contributed by atoms with Crippen LogP contribution in [0.3, 0.4) is 0 Å². The second-order valence-electron chi connectivity index (χ2n) is 7.54. The lowest BCUT2D eigenvalue weighted by Gasteiger charge is -2.19. The zero-order valence-electron chi connectivity index (χ0n) is 17.9. The molecule has 0 bridgehead atoms. The van der Waals surface area contributed by atoms with Crippen molar-refractivity contribution in [3.05, 3.63) is 94.4 Å². The Labute approximate surface area is 189 Å². The summed E-state index contributed by atoms with van der Waals surface area (Å²) < 4.78 is 22.5. The number of esters is 1. The van der Waals surface area contributed by atoms with Gasteiger partial charge >= 0.3 is 5.97 Å². The third-order valence-corrected chi connectivity index (χ3v) is 5.30. The highest BCUT2D eigenvalue weighted by Gasteiger charge is 2.18. The molecule has 4 aromatic rings. The van der Waals surface area contributed by atoms with E-state index in [0.717, 1.165) is 5.56 Å². The zero-order valence-corrected chi connectivity index (χ0v) is 17.9. The van der Waals surface area contributed by atoms with Gasteiger partial charge in [0.25, 0.3) is 0 Å². The number of ether oxygens (including phenoxy) is 3. The molecule has 0 atom stereocenters. The van der Waals surface area contributed by atoms with Gasteiger partial charge in [-0.2, -0.15) is 0 Å². The summed E-state index contributed by atoms with van der Waals surface area (Å²) in [6, 6.07) is 19.6. The Hall–Kier alpha value is -4.32. The first-order valence-electron chi connectivity index (χ1n) is 10.5. The molecule has 5 rings (SSSR count). The first kappa shape index (κ1) is 20.6. The van der Waals surface area contributed by atoms with Crippen molar-refractivity contribution in [3.63, 3.8) is 0 Å². The number of hydrogen-bond donors (Lipinski definition) is 0. The van der Waals surface area contributed by atoms with Crippen molar-refractivity contribution in [2.75, 3.05) is 13.2 Å². The van der Waals surface area contributed by atoms with Gasteiger partial charge in [-0.3, -0.25) is 4.79 Å². The van der Waals surface area contributed by atoms with Crippen LogP contribution in [0.2, 0.25) is 0 Å². The van der Waals surface area contributed by atoms with Crippen molar-refractivity contribution in [3.8, 4) is 28.4 Å². The van der Waals surface area contributed by atoms with Gasteiger partial charge in [0.1, 0.15) is 30.3 Å². The quantitative estimate of drug-likeness (QED) is 0.248. The minimum absolute atomic E-state index is 0.174. The van der Waals surface area contributed by atoms with Crippen LogP contribution in [-0.4, -0.2) is 19.2 Å².